The fraction of sp³-hybridized carbons (Fsp3) is 0.542. The molecule has 3 rings (SSSR count). The summed E-state index contributed by atoms with van der Waals surface area (Å²) in [5.41, 5.74) is -3.94. The lowest BCUT2D eigenvalue weighted by Crippen LogP contribution is -2.66. The number of halogens is 3. The van der Waals surface area contributed by atoms with Gasteiger partial charge in [0.15, 0.2) is 0 Å². The maximum absolute atomic E-state index is 14.6. The molecule has 1 fully saturated rings. The standard InChI is InChI=1S/C24H29F3N2O4/c1-14-18(20(31)33-5)23(24(25,26)27,21(32)29(14)17-8-6-7-9-17)28-19(30)15-10-12-16(13-11-15)22(2,3)4/h10-13,17H,6-9H2,1-5H3,(H,28,30)/t23-/m0/s1. The van der Waals surface area contributed by atoms with Crippen LogP contribution in [0, 0.1) is 0 Å². The first-order valence-corrected chi connectivity index (χ1v) is 10.9. The highest BCUT2D eigenvalue weighted by Gasteiger charge is 2.71. The van der Waals surface area contributed by atoms with E-state index in [-0.39, 0.29) is 16.7 Å². The Morgan fingerprint density at radius 2 is 1.64 bits per heavy atom. The van der Waals surface area contributed by atoms with Crippen molar-refractivity contribution >= 4 is 17.8 Å². The Labute approximate surface area is 191 Å². The number of hydrogen-bond acceptors (Lipinski definition) is 4. The molecule has 180 valence electrons. The molecule has 33 heavy (non-hydrogen) atoms. The monoisotopic (exact) mass is 466 g/mol. The number of ether oxygens (including phenoxy) is 1. The normalized spacial score (nSPS) is 22.2. The number of nitrogens with zero attached hydrogens (tertiary/aromatic N) is 1. The topological polar surface area (TPSA) is 75.7 Å². The predicted octanol–water partition coefficient (Wildman–Crippen LogP) is 4.25. The van der Waals surface area contributed by atoms with E-state index in [0.29, 0.717) is 12.8 Å². The number of rotatable bonds is 4. The Morgan fingerprint density at radius 3 is 2.09 bits per heavy atom. The maximum Gasteiger partial charge on any atom is 0.425 e. The highest BCUT2D eigenvalue weighted by molar-refractivity contribution is 6.11. The van der Waals surface area contributed by atoms with Gasteiger partial charge in [-0.2, -0.15) is 13.2 Å². The Hall–Kier alpha value is -2.84. The molecule has 2 amide bonds. The summed E-state index contributed by atoms with van der Waals surface area (Å²) in [6, 6.07) is 5.65. The van der Waals surface area contributed by atoms with Crippen LogP contribution in [0.3, 0.4) is 0 Å². The third-order valence-electron chi connectivity index (χ3n) is 6.46. The molecule has 0 aromatic heterocycles. The van der Waals surface area contributed by atoms with Crippen molar-refractivity contribution in [2.24, 2.45) is 0 Å². The van der Waals surface area contributed by atoms with Crippen LogP contribution in [0.2, 0.25) is 0 Å². The number of benzene rings is 1. The van der Waals surface area contributed by atoms with Gasteiger partial charge in [-0.25, -0.2) is 4.79 Å². The summed E-state index contributed by atoms with van der Waals surface area (Å²) >= 11 is 0. The quantitative estimate of drug-likeness (QED) is 0.674. The van der Waals surface area contributed by atoms with Crippen molar-refractivity contribution in [1.82, 2.24) is 10.2 Å². The first kappa shape index (κ1) is 24.8. The molecule has 9 heteroatoms. The lowest BCUT2D eigenvalue weighted by atomic mass is 9.86. The number of nitrogens with one attached hydrogen (secondary N) is 1. The molecule has 0 radical (unpaired) electrons. The van der Waals surface area contributed by atoms with Crippen LogP contribution in [0.4, 0.5) is 13.2 Å². The summed E-state index contributed by atoms with van der Waals surface area (Å²) < 4.78 is 48.5. The minimum absolute atomic E-state index is 0.0550. The molecule has 2 aliphatic rings. The van der Waals surface area contributed by atoms with Gasteiger partial charge in [-0.3, -0.25) is 9.59 Å². The summed E-state index contributed by atoms with van der Waals surface area (Å²) in [5.74, 6) is -3.79. The number of methoxy groups -OCH3 is 1. The molecule has 0 bridgehead atoms. The lowest BCUT2D eigenvalue weighted by molar-refractivity contribution is -0.192. The molecule has 0 unspecified atom stereocenters. The van der Waals surface area contributed by atoms with Crippen LogP contribution >= 0.6 is 0 Å². The molecular weight excluding hydrogens is 437 g/mol. The predicted molar refractivity (Wildman–Crippen MR) is 115 cm³/mol. The summed E-state index contributed by atoms with van der Waals surface area (Å²) in [6.45, 7) is 7.18. The number of carbonyl (C=O) groups is 3. The van der Waals surface area contributed by atoms with E-state index in [4.69, 9.17) is 0 Å². The third kappa shape index (κ3) is 4.13. The Balaban J connectivity index is 2.09. The van der Waals surface area contributed by atoms with Crippen LogP contribution in [-0.2, 0) is 19.7 Å². The highest BCUT2D eigenvalue weighted by Crippen LogP contribution is 2.47. The van der Waals surface area contributed by atoms with E-state index in [9.17, 15) is 27.6 Å². The van der Waals surface area contributed by atoms with E-state index >= 15 is 0 Å². The fourth-order valence-electron chi connectivity index (χ4n) is 4.65. The van der Waals surface area contributed by atoms with Gasteiger partial charge in [0.25, 0.3) is 17.4 Å². The highest BCUT2D eigenvalue weighted by atomic mass is 19.4. The number of esters is 1. The minimum atomic E-state index is -5.27. The van der Waals surface area contributed by atoms with Gasteiger partial charge in [0, 0.05) is 17.3 Å². The van der Waals surface area contributed by atoms with Gasteiger partial charge in [-0.05, 0) is 42.9 Å². The molecule has 1 aromatic rings. The Morgan fingerprint density at radius 1 is 1.09 bits per heavy atom. The van der Waals surface area contributed by atoms with Crippen molar-refractivity contribution in [2.45, 2.75) is 76.6 Å². The molecular formula is C24H29F3N2O4. The zero-order chi connectivity index (χ0) is 24.8. The minimum Gasteiger partial charge on any atom is -0.466 e. The van der Waals surface area contributed by atoms with Crippen molar-refractivity contribution in [2.75, 3.05) is 7.11 Å². The zero-order valence-electron chi connectivity index (χ0n) is 19.4. The van der Waals surface area contributed by atoms with Crippen molar-refractivity contribution in [3.8, 4) is 0 Å². The van der Waals surface area contributed by atoms with Gasteiger partial charge in [0.05, 0.1) is 7.11 Å². The van der Waals surface area contributed by atoms with Gasteiger partial charge < -0.3 is 15.0 Å². The van der Waals surface area contributed by atoms with Gasteiger partial charge in [0.2, 0.25) is 0 Å². The van der Waals surface area contributed by atoms with E-state index in [1.807, 2.05) is 26.1 Å². The van der Waals surface area contributed by atoms with Crippen LogP contribution in [0.5, 0.6) is 0 Å². The van der Waals surface area contributed by atoms with Crippen molar-refractivity contribution in [1.29, 1.82) is 0 Å². The first-order valence-electron chi connectivity index (χ1n) is 10.9. The summed E-state index contributed by atoms with van der Waals surface area (Å²) in [4.78, 5) is 40.0. The molecule has 1 aliphatic carbocycles. The zero-order valence-corrected chi connectivity index (χ0v) is 19.4. The van der Waals surface area contributed by atoms with Crippen LogP contribution in [0.25, 0.3) is 0 Å². The average Bonchev–Trinajstić information content (AvgIpc) is 3.32. The van der Waals surface area contributed by atoms with Crippen LogP contribution < -0.4 is 5.32 Å². The second-order valence-electron chi connectivity index (χ2n) is 9.59. The van der Waals surface area contributed by atoms with Crippen molar-refractivity contribution in [3.63, 3.8) is 0 Å². The van der Waals surface area contributed by atoms with Gasteiger partial charge in [-0.15, -0.1) is 0 Å². The smallest absolute Gasteiger partial charge is 0.425 e. The number of allylic oxidation sites excluding steroid dienone is 1. The van der Waals surface area contributed by atoms with Crippen LogP contribution in [0.1, 0.15) is 69.3 Å². The van der Waals surface area contributed by atoms with Crippen LogP contribution in [0.15, 0.2) is 35.5 Å². The maximum atomic E-state index is 14.6. The summed E-state index contributed by atoms with van der Waals surface area (Å²) in [6.07, 6.45) is -2.70. The second kappa shape index (κ2) is 8.50. The number of alkyl halides is 3. The second-order valence-corrected chi connectivity index (χ2v) is 9.59. The van der Waals surface area contributed by atoms with E-state index in [1.54, 1.807) is 12.1 Å². The van der Waals surface area contributed by atoms with Crippen molar-refractivity contribution < 1.29 is 32.3 Å². The number of hydrogen-bond donors (Lipinski definition) is 1. The van der Waals surface area contributed by atoms with Gasteiger partial charge in [0.1, 0.15) is 5.57 Å². The van der Waals surface area contributed by atoms with E-state index < -0.39 is 41.1 Å². The van der Waals surface area contributed by atoms with Crippen LogP contribution in [-0.4, -0.2) is 47.6 Å². The van der Waals surface area contributed by atoms with E-state index in [0.717, 1.165) is 30.4 Å². The average molecular weight is 467 g/mol. The molecule has 1 aliphatic heterocycles. The lowest BCUT2D eigenvalue weighted by Gasteiger charge is -2.34. The number of carbonyl (C=O) groups excluding carboxylic acids is 3. The SMILES string of the molecule is COC(=O)C1=C(C)N(C2CCCC2)C(=O)[C@]1(NC(=O)c1ccc(C(C)(C)C)cc1)C(F)(F)F. The molecule has 0 spiro atoms. The van der Waals surface area contributed by atoms with Gasteiger partial charge >= 0.3 is 12.1 Å². The van der Waals surface area contributed by atoms with E-state index in [2.05, 4.69) is 4.74 Å². The van der Waals surface area contributed by atoms with E-state index in [1.165, 1.54) is 19.1 Å². The summed E-state index contributed by atoms with van der Waals surface area (Å²) in [7, 11) is 0.944. The fourth-order valence-corrected chi connectivity index (χ4v) is 4.65. The Bertz CT molecular complexity index is 986. The van der Waals surface area contributed by atoms with Crippen molar-refractivity contribution in [3.05, 3.63) is 46.7 Å². The summed E-state index contributed by atoms with van der Waals surface area (Å²) in [5, 5.41) is 1.89. The molecule has 6 nitrogen and oxygen atoms in total. The molecule has 1 N–H and O–H groups in total. The molecule has 0 saturated heterocycles. The number of amides is 2. The molecule has 1 saturated carbocycles. The molecule has 1 heterocycles. The molecule has 1 atom stereocenters. The third-order valence-corrected chi connectivity index (χ3v) is 6.46. The Kier molecular flexibility index (Phi) is 6.39. The van der Waals surface area contributed by atoms with Gasteiger partial charge in [-0.1, -0.05) is 45.7 Å². The first-order chi connectivity index (χ1) is 15.3. The largest absolute Gasteiger partial charge is 0.466 e. The molecule has 1 aromatic carbocycles.